The number of morpholine rings is 1. The largest absolute Gasteiger partial charge is 0.381 e. The Kier molecular flexibility index (Phi) is 4.64. The number of rotatable bonds is 3. The molecule has 18 heavy (non-hydrogen) atoms. The predicted molar refractivity (Wildman–Crippen MR) is 72.6 cm³/mol. The molecule has 2 rings (SSSR count). The van der Waals surface area contributed by atoms with Gasteiger partial charge in [0, 0.05) is 32.3 Å². The Balaban J connectivity index is 2.10. The smallest absolute Gasteiger partial charge is 0.0678 e. The highest BCUT2D eigenvalue weighted by molar-refractivity contribution is 4.99. The van der Waals surface area contributed by atoms with Crippen molar-refractivity contribution in [2.24, 2.45) is 5.73 Å². The Labute approximate surface area is 111 Å². The van der Waals surface area contributed by atoms with E-state index in [1.807, 2.05) is 7.11 Å². The standard InChI is InChI=1S/C14H28N2O2/c1-11-8-16(9-12(2)18-11)14(10-15)6-4-5-13(7-14)17-3/h11-13H,4-10,15H2,1-3H3. The fourth-order valence-corrected chi connectivity index (χ4v) is 3.65. The maximum atomic E-state index is 6.14. The molecule has 1 aliphatic heterocycles. The highest BCUT2D eigenvalue weighted by Gasteiger charge is 2.42. The maximum Gasteiger partial charge on any atom is 0.0678 e. The number of nitrogens with two attached hydrogens (primary N) is 1. The van der Waals surface area contributed by atoms with Gasteiger partial charge in [-0.3, -0.25) is 4.90 Å². The summed E-state index contributed by atoms with van der Waals surface area (Å²) in [7, 11) is 1.82. The molecule has 0 spiro atoms. The van der Waals surface area contributed by atoms with Crippen molar-refractivity contribution < 1.29 is 9.47 Å². The summed E-state index contributed by atoms with van der Waals surface area (Å²) >= 11 is 0. The van der Waals surface area contributed by atoms with Crippen molar-refractivity contribution in [3.63, 3.8) is 0 Å². The molecule has 0 bridgehead atoms. The van der Waals surface area contributed by atoms with Gasteiger partial charge in [0.1, 0.15) is 0 Å². The van der Waals surface area contributed by atoms with Crippen LogP contribution in [0.15, 0.2) is 0 Å². The van der Waals surface area contributed by atoms with E-state index in [9.17, 15) is 0 Å². The van der Waals surface area contributed by atoms with Crippen LogP contribution in [0, 0.1) is 0 Å². The van der Waals surface area contributed by atoms with Crippen molar-refractivity contribution in [1.29, 1.82) is 0 Å². The highest BCUT2D eigenvalue weighted by atomic mass is 16.5. The SMILES string of the molecule is COC1CCCC(CN)(N2CC(C)OC(C)C2)C1. The first-order valence-electron chi connectivity index (χ1n) is 7.23. The minimum atomic E-state index is 0.130. The fourth-order valence-electron chi connectivity index (χ4n) is 3.65. The monoisotopic (exact) mass is 256 g/mol. The Morgan fingerprint density at radius 2 is 2.00 bits per heavy atom. The first-order chi connectivity index (χ1) is 8.59. The first-order valence-corrected chi connectivity index (χ1v) is 7.23. The van der Waals surface area contributed by atoms with E-state index < -0.39 is 0 Å². The zero-order chi connectivity index (χ0) is 13.2. The summed E-state index contributed by atoms with van der Waals surface area (Å²) in [4.78, 5) is 2.57. The minimum Gasteiger partial charge on any atom is -0.381 e. The van der Waals surface area contributed by atoms with Crippen molar-refractivity contribution in [1.82, 2.24) is 4.90 Å². The topological polar surface area (TPSA) is 47.7 Å². The Morgan fingerprint density at radius 3 is 2.56 bits per heavy atom. The molecule has 4 atom stereocenters. The quantitative estimate of drug-likeness (QED) is 0.829. The summed E-state index contributed by atoms with van der Waals surface area (Å²) in [6.45, 7) is 7.04. The van der Waals surface area contributed by atoms with Crippen LogP contribution in [-0.2, 0) is 9.47 Å². The zero-order valence-electron chi connectivity index (χ0n) is 12.0. The molecule has 0 radical (unpaired) electrons. The van der Waals surface area contributed by atoms with Gasteiger partial charge < -0.3 is 15.2 Å². The predicted octanol–water partition coefficient (Wildman–Crippen LogP) is 1.38. The number of hydrogen-bond donors (Lipinski definition) is 1. The van der Waals surface area contributed by atoms with Crippen LogP contribution in [-0.4, -0.2) is 55.5 Å². The summed E-state index contributed by atoms with van der Waals surface area (Å²) < 4.78 is 11.4. The van der Waals surface area contributed by atoms with Crippen molar-refractivity contribution in [2.45, 2.75) is 63.4 Å². The molecule has 1 saturated heterocycles. The van der Waals surface area contributed by atoms with E-state index in [0.29, 0.717) is 18.3 Å². The van der Waals surface area contributed by atoms with E-state index in [-0.39, 0.29) is 5.54 Å². The highest BCUT2D eigenvalue weighted by Crippen LogP contribution is 2.36. The summed E-state index contributed by atoms with van der Waals surface area (Å²) in [6, 6.07) is 0. The van der Waals surface area contributed by atoms with E-state index in [1.165, 1.54) is 19.3 Å². The molecule has 2 fully saturated rings. The van der Waals surface area contributed by atoms with Gasteiger partial charge in [0.15, 0.2) is 0 Å². The summed E-state index contributed by atoms with van der Waals surface area (Å²) in [5, 5.41) is 0. The summed E-state index contributed by atoms with van der Waals surface area (Å²) in [5.74, 6) is 0. The van der Waals surface area contributed by atoms with Crippen LogP contribution >= 0.6 is 0 Å². The molecule has 0 aromatic rings. The minimum absolute atomic E-state index is 0.130. The molecule has 4 heteroatoms. The third kappa shape index (κ3) is 2.87. The van der Waals surface area contributed by atoms with E-state index in [4.69, 9.17) is 15.2 Å². The van der Waals surface area contributed by atoms with Gasteiger partial charge >= 0.3 is 0 Å². The Hall–Kier alpha value is -0.160. The van der Waals surface area contributed by atoms with Gasteiger partial charge in [-0.05, 0) is 39.5 Å². The number of ether oxygens (including phenoxy) is 2. The average molecular weight is 256 g/mol. The van der Waals surface area contributed by atoms with E-state index in [1.54, 1.807) is 0 Å². The molecule has 1 aliphatic carbocycles. The van der Waals surface area contributed by atoms with Crippen molar-refractivity contribution in [3.05, 3.63) is 0 Å². The van der Waals surface area contributed by atoms with Crippen LogP contribution < -0.4 is 5.73 Å². The van der Waals surface area contributed by atoms with Crippen LogP contribution in [0.4, 0.5) is 0 Å². The molecule has 0 aromatic heterocycles. The van der Waals surface area contributed by atoms with Gasteiger partial charge in [0.05, 0.1) is 18.3 Å². The summed E-state index contributed by atoms with van der Waals surface area (Å²) in [5.41, 5.74) is 6.27. The molecule has 4 nitrogen and oxygen atoms in total. The second-order valence-corrected chi connectivity index (χ2v) is 6.04. The number of nitrogens with zero attached hydrogens (tertiary/aromatic N) is 1. The van der Waals surface area contributed by atoms with Crippen molar-refractivity contribution >= 4 is 0 Å². The lowest BCUT2D eigenvalue weighted by Gasteiger charge is -2.51. The normalized spacial score (nSPS) is 43.0. The Bertz CT molecular complexity index is 265. The molecule has 1 heterocycles. The van der Waals surface area contributed by atoms with Gasteiger partial charge in [-0.2, -0.15) is 0 Å². The van der Waals surface area contributed by atoms with Crippen LogP contribution in [0.5, 0.6) is 0 Å². The van der Waals surface area contributed by atoms with Crippen LogP contribution in [0.1, 0.15) is 39.5 Å². The zero-order valence-corrected chi connectivity index (χ0v) is 12.0. The molecular formula is C14H28N2O2. The first kappa shape index (κ1) is 14.3. The molecule has 0 aromatic carbocycles. The molecular weight excluding hydrogens is 228 g/mol. The number of hydrogen-bond acceptors (Lipinski definition) is 4. The Morgan fingerprint density at radius 1 is 1.33 bits per heavy atom. The van der Waals surface area contributed by atoms with Gasteiger partial charge in [-0.1, -0.05) is 0 Å². The lowest BCUT2D eigenvalue weighted by Crippen LogP contribution is -2.62. The fraction of sp³-hybridized carbons (Fsp3) is 1.00. The third-order valence-electron chi connectivity index (χ3n) is 4.58. The van der Waals surface area contributed by atoms with Gasteiger partial charge in [0.2, 0.25) is 0 Å². The van der Waals surface area contributed by atoms with Gasteiger partial charge in [-0.25, -0.2) is 0 Å². The third-order valence-corrected chi connectivity index (χ3v) is 4.58. The van der Waals surface area contributed by atoms with E-state index in [0.717, 1.165) is 26.1 Å². The number of methoxy groups -OCH3 is 1. The van der Waals surface area contributed by atoms with E-state index in [2.05, 4.69) is 18.7 Å². The molecule has 1 saturated carbocycles. The van der Waals surface area contributed by atoms with Crippen molar-refractivity contribution in [2.75, 3.05) is 26.7 Å². The van der Waals surface area contributed by atoms with Gasteiger partial charge in [0.25, 0.3) is 0 Å². The molecule has 2 N–H and O–H groups in total. The molecule has 2 aliphatic rings. The maximum absolute atomic E-state index is 6.14. The van der Waals surface area contributed by atoms with Gasteiger partial charge in [-0.15, -0.1) is 0 Å². The molecule has 106 valence electrons. The second-order valence-electron chi connectivity index (χ2n) is 6.04. The summed E-state index contributed by atoms with van der Waals surface area (Å²) in [6.07, 6.45) is 5.64. The van der Waals surface area contributed by atoms with Crippen LogP contribution in [0.25, 0.3) is 0 Å². The second kappa shape index (κ2) is 5.87. The van der Waals surface area contributed by atoms with Crippen LogP contribution in [0.2, 0.25) is 0 Å². The van der Waals surface area contributed by atoms with Crippen LogP contribution in [0.3, 0.4) is 0 Å². The van der Waals surface area contributed by atoms with E-state index >= 15 is 0 Å². The molecule has 0 amide bonds. The lowest BCUT2D eigenvalue weighted by molar-refractivity contribution is -0.119. The van der Waals surface area contributed by atoms with Crippen molar-refractivity contribution in [3.8, 4) is 0 Å². The average Bonchev–Trinajstić information content (AvgIpc) is 2.37. The molecule has 4 unspecified atom stereocenters. The lowest BCUT2D eigenvalue weighted by atomic mass is 9.78.